The second-order valence-corrected chi connectivity index (χ2v) is 11.1. The Morgan fingerprint density at radius 3 is 0.846 bits per heavy atom. The fraction of sp³-hybridized carbons (Fsp3) is 1.00. The van der Waals surface area contributed by atoms with Gasteiger partial charge in [0.2, 0.25) is 0 Å². The van der Waals surface area contributed by atoms with Crippen molar-refractivity contribution < 1.29 is 74.9 Å². The summed E-state index contributed by atoms with van der Waals surface area (Å²) in [4.78, 5) is 0. The summed E-state index contributed by atoms with van der Waals surface area (Å²) in [7, 11) is 0. The van der Waals surface area contributed by atoms with Crippen molar-refractivity contribution in [3.8, 4) is 0 Å². The molecule has 0 unspecified atom stereocenters. The van der Waals surface area contributed by atoms with Crippen LogP contribution in [0.3, 0.4) is 0 Å². The third kappa shape index (κ3) is 444. The average Bonchev–Trinajstić information content (AvgIpc) is 1.33. The van der Waals surface area contributed by atoms with Crippen molar-refractivity contribution in [2.24, 2.45) is 0 Å². The van der Waals surface area contributed by atoms with E-state index in [0.717, 1.165) is 0 Å². The molecule has 0 radical (unpaired) electrons. The molecule has 0 aliphatic rings. The van der Waals surface area contributed by atoms with Gasteiger partial charge in [-0.2, -0.15) is 0 Å². The van der Waals surface area contributed by atoms with Gasteiger partial charge in [-0.25, -0.2) is 0 Å². The van der Waals surface area contributed by atoms with E-state index >= 15 is 0 Å². The van der Waals surface area contributed by atoms with Crippen molar-refractivity contribution in [1.29, 1.82) is 0 Å². The van der Waals surface area contributed by atoms with Gasteiger partial charge in [-0.1, -0.05) is 0 Å². The van der Waals surface area contributed by atoms with Crippen LogP contribution >= 0.6 is 12.5 Å². The van der Waals surface area contributed by atoms with E-state index in [1.54, 1.807) is 6.92 Å². The van der Waals surface area contributed by atoms with Crippen molar-refractivity contribution >= 4 is 12.5 Å². The van der Waals surface area contributed by atoms with E-state index in [4.69, 9.17) is 17.6 Å². The number of halogens is 3. The SMILES string of the molecule is CCO.O.O.O.O.O.O.[Cl][Eu]([Cl])[Cl]. The summed E-state index contributed by atoms with van der Waals surface area (Å²) >= 11 is -2.05. The predicted octanol–water partition coefficient (Wildman–Crippen LogP) is -2.88. The minimum atomic E-state index is -2.05. The molecule has 96 valence electrons. The number of hydrogen-bond donors (Lipinski definition) is 1. The minimum absolute atomic E-state index is 0. The first-order valence-corrected chi connectivity index (χ1v) is 10.6. The Morgan fingerprint density at radius 2 is 0.846 bits per heavy atom. The zero-order valence-corrected chi connectivity index (χ0v) is 11.4. The summed E-state index contributed by atoms with van der Waals surface area (Å²) in [6.45, 7) is 1.93. The van der Waals surface area contributed by atoms with Gasteiger partial charge in [0, 0.05) is 6.61 Å². The zero-order valence-electron chi connectivity index (χ0n) is 6.67. The van der Waals surface area contributed by atoms with Crippen LogP contribution in [0, 0.1) is 37.0 Å². The molecule has 11 heteroatoms. The van der Waals surface area contributed by atoms with Crippen molar-refractivity contribution in [3.63, 3.8) is 0 Å². The van der Waals surface area contributed by atoms with E-state index in [0.29, 0.717) is 0 Å². The quantitative estimate of drug-likeness (QED) is 0.436. The van der Waals surface area contributed by atoms with Gasteiger partial charge in [0.05, 0.1) is 0 Å². The monoisotopic (exact) mass is 412 g/mol. The van der Waals surface area contributed by atoms with Crippen molar-refractivity contribution in [2.45, 2.75) is 6.92 Å². The van der Waals surface area contributed by atoms with Crippen molar-refractivity contribution in [1.82, 2.24) is 0 Å². The molecule has 0 aliphatic carbocycles. The number of rotatable bonds is 0. The summed E-state index contributed by atoms with van der Waals surface area (Å²) in [6, 6.07) is 0. The first-order valence-electron chi connectivity index (χ1n) is 1.45. The Hall–Kier alpha value is 2.17. The van der Waals surface area contributed by atoms with Gasteiger partial charge < -0.3 is 38.0 Å². The second kappa shape index (κ2) is 64.5. The number of hydrogen-bond acceptors (Lipinski definition) is 1. The maximum absolute atomic E-state index is 7.57. The van der Waals surface area contributed by atoms with Crippen LogP contribution in [0.15, 0.2) is 0 Å². The first-order chi connectivity index (χ1) is 3.15. The Labute approximate surface area is 99.1 Å². The molecule has 7 nitrogen and oxygen atoms in total. The van der Waals surface area contributed by atoms with Gasteiger partial charge in [0.15, 0.2) is 0 Å². The third-order valence-corrected chi connectivity index (χ3v) is 0. The molecule has 0 aliphatic heterocycles. The summed E-state index contributed by atoms with van der Waals surface area (Å²) in [5.74, 6) is 0. The van der Waals surface area contributed by atoms with E-state index in [1.165, 1.54) is 0 Å². The summed E-state index contributed by atoms with van der Waals surface area (Å²) in [6.07, 6.45) is 0. The molecule has 0 fully saturated rings. The van der Waals surface area contributed by atoms with Crippen LogP contribution in [0.1, 0.15) is 6.92 Å². The fourth-order valence-corrected chi connectivity index (χ4v) is 0. The molecule has 0 heterocycles. The number of aliphatic hydroxyl groups is 1. The van der Waals surface area contributed by atoms with Crippen LogP contribution in [-0.2, 0) is 0 Å². The first kappa shape index (κ1) is 59.2. The van der Waals surface area contributed by atoms with E-state index in [9.17, 15) is 0 Å². The van der Waals surface area contributed by atoms with Crippen molar-refractivity contribution in [2.75, 3.05) is 6.61 Å². The van der Waals surface area contributed by atoms with Gasteiger partial charge in [-0.05, 0) is 6.92 Å². The Morgan fingerprint density at radius 1 is 0.846 bits per heavy atom. The Balaban J connectivity index is -0.00000000444. The molecule has 0 saturated heterocycles. The van der Waals surface area contributed by atoms with Gasteiger partial charge in [-0.3, -0.25) is 0 Å². The maximum atomic E-state index is 7.57. The summed E-state index contributed by atoms with van der Waals surface area (Å²) < 4.78 is 15.0. The molecule has 0 spiro atoms. The topological polar surface area (TPSA) is 209 Å². The van der Waals surface area contributed by atoms with Gasteiger partial charge in [0.1, 0.15) is 0 Å². The standard InChI is InChI=1S/C2H6O.3ClH.Eu.6H2O/c1-2-3;;;;;;;;;;/h3H,2H2,1H3;3*1H;;6*1H2/q;;;;+3;;;;;;/p-3. The molecule has 0 aromatic rings. The van der Waals surface area contributed by atoms with Crippen LogP contribution in [0.4, 0.5) is 0 Å². The van der Waals surface area contributed by atoms with Crippen LogP contribution in [0.2, 0.25) is 0 Å². The Kier molecular flexibility index (Phi) is 294. The molecule has 0 bridgehead atoms. The fourth-order valence-electron chi connectivity index (χ4n) is 0. The molecule has 0 aromatic heterocycles. The molecule has 0 aromatic carbocycles. The molecular formula is C2H18Cl3EuO7. The zero-order chi connectivity index (χ0) is 6.28. The number of aliphatic hydroxyl groups excluding tert-OH is 1. The van der Waals surface area contributed by atoms with Gasteiger partial charge >= 0.3 is 49.4 Å². The van der Waals surface area contributed by atoms with E-state index in [1.807, 2.05) is 0 Å². The van der Waals surface area contributed by atoms with Crippen LogP contribution in [-0.4, -0.2) is 44.6 Å². The average molecular weight is 412 g/mol. The second-order valence-electron chi connectivity index (χ2n) is 0.478. The molecule has 13 heavy (non-hydrogen) atoms. The third-order valence-electron chi connectivity index (χ3n) is 0. The molecule has 0 amide bonds. The summed E-state index contributed by atoms with van der Waals surface area (Å²) in [5.41, 5.74) is 0. The van der Waals surface area contributed by atoms with E-state index < -0.39 is 37.0 Å². The van der Waals surface area contributed by atoms with E-state index in [-0.39, 0.29) is 39.5 Å². The Bertz CT molecular complexity index is 32.9. The van der Waals surface area contributed by atoms with E-state index in [2.05, 4.69) is 0 Å². The summed E-state index contributed by atoms with van der Waals surface area (Å²) in [5, 5.41) is 7.57. The van der Waals surface area contributed by atoms with Crippen LogP contribution < -0.4 is 0 Å². The molecular weight excluding hydrogens is 394 g/mol. The molecule has 0 atom stereocenters. The molecule has 0 rings (SSSR count). The normalized spacial score (nSPS) is 4.85. The van der Waals surface area contributed by atoms with Crippen LogP contribution in [0.25, 0.3) is 0 Å². The van der Waals surface area contributed by atoms with Gasteiger partial charge in [-0.15, -0.1) is 0 Å². The molecule has 13 N–H and O–H groups in total. The van der Waals surface area contributed by atoms with Gasteiger partial charge in [0.25, 0.3) is 0 Å². The van der Waals surface area contributed by atoms with Crippen LogP contribution in [0.5, 0.6) is 0 Å². The van der Waals surface area contributed by atoms with Crippen molar-refractivity contribution in [3.05, 3.63) is 0 Å². The predicted molar refractivity (Wildman–Crippen MR) is 52.0 cm³/mol. The molecule has 0 saturated carbocycles.